The summed E-state index contributed by atoms with van der Waals surface area (Å²) in [6.07, 6.45) is 3.93. The fourth-order valence-electron chi connectivity index (χ4n) is 1.77. The van der Waals surface area contributed by atoms with Gasteiger partial charge in [-0.15, -0.1) is 0 Å². The van der Waals surface area contributed by atoms with E-state index in [2.05, 4.69) is 10.4 Å². The Hall–Kier alpha value is -2.17. The van der Waals surface area contributed by atoms with Crippen molar-refractivity contribution in [1.29, 1.82) is 0 Å². The van der Waals surface area contributed by atoms with Gasteiger partial charge in [-0.25, -0.2) is 0 Å². The van der Waals surface area contributed by atoms with Crippen molar-refractivity contribution in [3.8, 4) is 5.75 Å². The molecule has 0 saturated heterocycles. The molecule has 2 rings (SSSR count). The van der Waals surface area contributed by atoms with Crippen LogP contribution in [-0.4, -0.2) is 15.9 Å². The summed E-state index contributed by atoms with van der Waals surface area (Å²) in [5.41, 5.74) is 8.65. The molecule has 5 nitrogen and oxygen atoms in total. The van der Waals surface area contributed by atoms with Crippen LogP contribution in [-0.2, 0) is 13.6 Å². The van der Waals surface area contributed by atoms with Crippen molar-refractivity contribution in [1.82, 2.24) is 9.78 Å². The fourth-order valence-corrected chi connectivity index (χ4v) is 1.77. The van der Waals surface area contributed by atoms with E-state index >= 15 is 0 Å². The lowest BCUT2D eigenvalue weighted by atomic mass is 10.2. The molecular weight excluding hydrogens is 240 g/mol. The maximum atomic E-state index is 5.88. The van der Waals surface area contributed by atoms with E-state index in [0.717, 1.165) is 17.8 Å². The Kier molecular flexibility index (Phi) is 3.94. The molecule has 0 saturated carbocycles. The third kappa shape index (κ3) is 3.64. The van der Waals surface area contributed by atoms with Crippen molar-refractivity contribution >= 4 is 11.4 Å². The van der Waals surface area contributed by atoms with E-state index in [-0.39, 0.29) is 6.10 Å². The summed E-state index contributed by atoms with van der Waals surface area (Å²) in [7, 11) is 1.90. The number of rotatable bonds is 5. The van der Waals surface area contributed by atoms with Crippen LogP contribution in [0.15, 0.2) is 30.6 Å². The molecule has 0 aliphatic heterocycles. The second-order valence-electron chi connectivity index (χ2n) is 4.80. The first kappa shape index (κ1) is 13.3. The van der Waals surface area contributed by atoms with Crippen LogP contribution < -0.4 is 15.8 Å². The normalized spacial score (nSPS) is 10.7. The number of hydrogen-bond acceptors (Lipinski definition) is 4. The number of anilines is 2. The average molecular weight is 260 g/mol. The molecule has 0 unspecified atom stereocenters. The highest BCUT2D eigenvalue weighted by atomic mass is 16.5. The fraction of sp³-hybridized carbons (Fsp3) is 0.357. The maximum Gasteiger partial charge on any atom is 0.144 e. The van der Waals surface area contributed by atoms with Crippen molar-refractivity contribution in [3.63, 3.8) is 0 Å². The monoisotopic (exact) mass is 260 g/mol. The third-order valence-electron chi connectivity index (χ3n) is 2.63. The predicted octanol–water partition coefficient (Wildman–Crippen LogP) is 2.40. The number of hydrogen-bond donors (Lipinski definition) is 2. The summed E-state index contributed by atoms with van der Waals surface area (Å²) >= 11 is 0. The summed E-state index contributed by atoms with van der Waals surface area (Å²) in [4.78, 5) is 0. The van der Waals surface area contributed by atoms with Crippen molar-refractivity contribution in [3.05, 3.63) is 36.2 Å². The topological polar surface area (TPSA) is 65.1 Å². The van der Waals surface area contributed by atoms with Crippen molar-refractivity contribution in [2.24, 2.45) is 7.05 Å². The highest BCUT2D eigenvalue weighted by molar-refractivity contribution is 5.61. The van der Waals surface area contributed by atoms with Gasteiger partial charge in [0.15, 0.2) is 0 Å². The maximum absolute atomic E-state index is 5.88. The molecule has 1 aromatic carbocycles. The predicted molar refractivity (Wildman–Crippen MR) is 77.2 cm³/mol. The zero-order chi connectivity index (χ0) is 13.8. The molecule has 0 aliphatic rings. The van der Waals surface area contributed by atoms with Crippen LogP contribution in [0.3, 0.4) is 0 Å². The van der Waals surface area contributed by atoms with Crippen LogP contribution >= 0.6 is 0 Å². The molecule has 0 amide bonds. The second-order valence-corrected chi connectivity index (χ2v) is 4.80. The summed E-state index contributed by atoms with van der Waals surface area (Å²) in [5, 5.41) is 7.46. The quantitative estimate of drug-likeness (QED) is 0.810. The Morgan fingerprint density at radius 3 is 2.84 bits per heavy atom. The number of nitrogens with zero attached hydrogens (tertiary/aromatic N) is 2. The molecule has 0 radical (unpaired) electrons. The smallest absolute Gasteiger partial charge is 0.144 e. The van der Waals surface area contributed by atoms with Gasteiger partial charge >= 0.3 is 0 Å². The Morgan fingerprint density at radius 1 is 1.42 bits per heavy atom. The van der Waals surface area contributed by atoms with Crippen molar-refractivity contribution < 1.29 is 4.74 Å². The molecular formula is C14H20N4O. The number of benzene rings is 1. The molecule has 3 N–H and O–H groups in total. The van der Waals surface area contributed by atoms with Crippen LogP contribution in [0, 0.1) is 0 Å². The molecule has 5 heteroatoms. The molecule has 0 atom stereocenters. The molecule has 2 aromatic rings. The Labute approximate surface area is 113 Å². The first-order chi connectivity index (χ1) is 9.04. The number of nitrogens with two attached hydrogens (primary N) is 1. The van der Waals surface area contributed by atoms with Gasteiger partial charge in [0.05, 0.1) is 18.0 Å². The van der Waals surface area contributed by atoms with E-state index in [1.165, 1.54) is 0 Å². The average Bonchev–Trinajstić information content (AvgIpc) is 2.75. The molecule has 0 spiro atoms. The minimum Gasteiger partial charge on any atom is -0.489 e. The van der Waals surface area contributed by atoms with Gasteiger partial charge in [-0.1, -0.05) is 0 Å². The highest BCUT2D eigenvalue weighted by Gasteiger charge is 2.05. The van der Waals surface area contributed by atoms with Gasteiger partial charge in [-0.2, -0.15) is 5.10 Å². The minimum atomic E-state index is 0.107. The van der Waals surface area contributed by atoms with Gasteiger partial charge in [0.1, 0.15) is 5.75 Å². The summed E-state index contributed by atoms with van der Waals surface area (Å²) in [6.45, 7) is 4.68. The van der Waals surface area contributed by atoms with Crippen LogP contribution in [0.25, 0.3) is 0 Å². The standard InChI is InChI=1S/C14H20N4O/c1-10(2)19-14-6-12(4-5-13(14)15)16-7-11-8-17-18(3)9-11/h4-6,8-10,16H,7,15H2,1-3H3. The molecule has 19 heavy (non-hydrogen) atoms. The van der Waals surface area contributed by atoms with Gasteiger partial charge in [-0.3, -0.25) is 4.68 Å². The van der Waals surface area contributed by atoms with Gasteiger partial charge in [0.2, 0.25) is 0 Å². The zero-order valence-corrected chi connectivity index (χ0v) is 11.6. The van der Waals surface area contributed by atoms with E-state index < -0.39 is 0 Å². The van der Waals surface area contributed by atoms with E-state index in [0.29, 0.717) is 11.4 Å². The van der Waals surface area contributed by atoms with Crippen LogP contribution in [0.1, 0.15) is 19.4 Å². The summed E-state index contributed by atoms with van der Waals surface area (Å²) in [5.74, 6) is 0.714. The number of ether oxygens (including phenoxy) is 1. The van der Waals surface area contributed by atoms with Crippen molar-refractivity contribution in [2.75, 3.05) is 11.1 Å². The van der Waals surface area contributed by atoms with Crippen molar-refractivity contribution in [2.45, 2.75) is 26.5 Å². The SMILES string of the molecule is CC(C)Oc1cc(NCc2cnn(C)c2)ccc1N. The van der Waals surface area contributed by atoms with Crippen LogP contribution in [0.2, 0.25) is 0 Å². The second kappa shape index (κ2) is 5.65. The Morgan fingerprint density at radius 2 is 2.21 bits per heavy atom. The number of nitrogen functional groups attached to an aromatic ring is 1. The van der Waals surface area contributed by atoms with Gasteiger partial charge in [-0.05, 0) is 26.0 Å². The van der Waals surface area contributed by atoms with E-state index in [1.807, 2.05) is 51.5 Å². The highest BCUT2D eigenvalue weighted by Crippen LogP contribution is 2.26. The summed E-state index contributed by atoms with van der Waals surface area (Å²) < 4.78 is 7.45. The first-order valence-corrected chi connectivity index (χ1v) is 6.32. The van der Waals surface area contributed by atoms with Gasteiger partial charge < -0.3 is 15.8 Å². The minimum absolute atomic E-state index is 0.107. The molecule has 0 fully saturated rings. The van der Waals surface area contributed by atoms with Gasteiger partial charge in [0, 0.05) is 37.1 Å². The molecule has 102 valence electrons. The molecule has 1 aromatic heterocycles. The third-order valence-corrected chi connectivity index (χ3v) is 2.63. The van der Waals surface area contributed by atoms with E-state index in [4.69, 9.17) is 10.5 Å². The Bertz CT molecular complexity index is 548. The first-order valence-electron chi connectivity index (χ1n) is 6.32. The van der Waals surface area contributed by atoms with Crippen LogP contribution in [0.5, 0.6) is 5.75 Å². The zero-order valence-electron chi connectivity index (χ0n) is 11.6. The number of aryl methyl sites for hydroxylation is 1. The Balaban J connectivity index is 2.04. The van der Waals surface area contributed by atoms with E-state index in [1.54, 1.807) is 4.68 Å². The van der Waals surface area contributed by atoms with Crippen LogP contribution in [0.4, 0.5) is 11.4 Å². The lowest BCUT2D eigenvalue weighted by molar-refractivity contribution is 0.244. The van der Waals surface area contributed by atoms with Gasteiger partial charge in [0.25, 0.3) is 0 Å². The van der Waals surface area contributed by atoms with E-state index in [9.17, 15) is 0 Å². The lowest BCUT2D eigenvalue weighted by Gasteiger charge is -2.14. The molecule has 0 aliphatic carbocycles. The molecule has 1 heterocycles. The number of aromatic nitrogens is 2. The molecule has 0 bridgehead atoms. The number of nitrogens with one attached hydrogen (secondary N) is 1. The summed E-state index contributed by atoms with van der Waals surface area (Å²) in [6, 6.07) is 5.72. The lowest BCUT2D eigenvalue weighted by Crippen LogP contribution is -2.08. The largest absolute Gasteiger partial charge is 0.489 e.